The Balaban J connectivity index is 2.86. The van der Waals surface area contributed by atoms with E-state index in [4.69, 9.17) is 15.2 Å². The van der Waals surface area contributed by atoms with Gasteiger partial charge in [-0.25, -0.2) is 0 Å². The Labute approximate surface area is 97.5 Å². The maximum atomic E-state index is 11.5. The predicted octanol–water partition coefficient (Wildman–Crippen LogP) is 1.47. The highest BCUT2D eigenvalue weighted by atomic mass is 16.5. The lowest BCUT2D eigenvalue weighted by Gasteiger charge is -2.43. The molecule has 1 heterocycles. The summed E-state index contributed by atoms with van der Waals surface area (Å²) in [5.41, 5.74) is 5.66. The topological polar surface area (TPSA) is 61.5 Å². The van der Waals surface area contributed by atoms with Crippen molar-refractivity contribution in [1.82, 2.24) is 0 Å². The molecular weight excluding hydrogens is 206 g/mol. The molecule has 0 saturated carbocycles. The Hall–Kier alpha value is -0.610. The zero-order valence-corrected chi connectivity index (χ0v) is 10.5. The van der Waals surface area contributed by atoms with E-state index in [9.17, 15) is 4.79 Å². The fraction of sp³-hybridized carbons (Fsp3) is 0.917. The van der Waals surface area contributed by atoms with Crippen molar-refractivity contribution in [2.24, 2.45) is 11.1 Å². The summed E-state index contributed by atoms with van der Waals surface area (Å²) in [6, 6.07) is 0. The first-order chi connectivity index (χ1) is 7.41. The van der Waals surface area contributed by atoms with Crippen LogP contribution in [0.4, 0.5) is 0 Å². The van der Waals surface area contributed by atoms with E-state index in [1.165, 1.54) is 7.11 Å². The summed E-state index contributed by atoms with van der Waals surface area (Å²) in [6.07, 6.45) is 3.09. The minimum Gasteiger partial charge on any atom is -0.469 e. The summed E-state index contributed by atoms with van der Waals surface area (Å²) >= 11 is 0. The van der Waals surface area contributed by atoms with E-state index in [2.05, 4.69) is 0 Å². The fourth-order valence-electron chi connectivity index (χ4n) is 2.40. The molecular formula is C12H23NO3. The quantitative estimate of drug-likeness (QED) is 0.744. The molecule has 0 aromatic carbocycles. The molecule has 0 spiro atoms. The fourth-order valence-corrected chi connectivity index (χ4v) is 2.40. The third-order valence-corrected chi connectivity index (χ3v) is 3.75. The molecule has 4 nitrogen and oxygen atoms in total. The van der Waals surface area contributed by atoms with Gasteiger partial charge >= 0.3 is 5.97 Å². The second-order valence-corrected chi connectivity index (χ2v) is 5.22. The molecule has 0 aliphatic carbocycles. The highest BCUT2D eigenvalue weighted by Gasteiger charge is 2.44. The minimum atomic E-state index is -0.394. The summed E-state index contributed by atoms with van der Waals surface area (Å²) in [6.45, 7) is 5.42. The van der Waals surface area contributed by atoms with Gasteiger partial charge in [0.05, 0.1) is 13.5 Å². The van der Waals surface area contributed by atoms with Gasteiger partial charge in [-0.05, 0) is 33.1 Å². The van der Waals surface area contributed by atoms with Gasteiger partial charge in [0.15, 0.2) is 0 Å². The Bertz CT molecular complexity index is 237. The summed E-state index contributed by atoms with van der Waals surface area (Å²) in [4.78, 5) is 11.5. The second-order valence-electron chi connectivity index (χ2n) is 5.22. The first kappa shape index (κ1) is 13.5. The molecule has 0 aromatic heterocycles. The number of hydrogen-bond acceptors (Lipinski definition) is 4. The van der Waals surface area contributed by atoms with Crippen molar-refractivity contribution in [3.05, 3.63) is 0 Å². The molecule has 94 valence electrons. The van der Waals surface area contributed by atoms with Crippen LogP contribution in [0.3, 0.4) is 0 Å². The van der Waals surface area contributed by atoms with Gasteiger partial charge in [-0.2, -0.15) is 0 Å². The molecule has 1 rings (SSSR count). The molecule has 16 heavy (non-hydrogen) atoms. The van der Waals surface area contributed by atoms with Crippen LogP contribution in [-0.4, -0.2) is 31.8 Å². The lowest BCUT2D eigenvalue weighted by atomic mass is 9.65. The Morgan fingerprint density at radius 3 is 2.69 bits per heavy atom. The van der Waals surface area contributed by atoms with Gasteiger partial charge in [-0.15, -0.1) is 0 Å². The van der Waals surface area contributed by atoms with Crippen LogP contribution in [0.25, 0.3) is 0 Å². The Morgan fingerprint density at radius 2 is 2.12 bits per heavy atom. The largest absolute Gasteiger partial charge is 0.469 e. The molecule has 0 bridgehead atoms. The number of rotatable bonds is 3. The van der Waals surface area contributed by atoms with Crippen molar-refractivity contribution in [3.8, 4) is 0 Å². The Morgan fingerprint density at radius 1 is 1.44 bits per heavy atom. The average Bonchev–Trinajstić information content (AvgIpc) is 2.43. The maximum absolute atomic E-state index is 11.5. The van der Waals surface area contributed by atoms with Crippen LogP contribution < -0.4 is 5.73 Å². The van der Waals surface area contributed by atoms with Crippen molar-refractivity contribution in [1.29, 1.82) is 0 Å². The van der Waals surface area contributed by atoms with Gasteiger partial charge < -0.3 is 15.2 Å². The number of carbonyl (C=O) groups excluding carboxylic acids is 1. The van der Waals surface area contributed by atoms with E-state index in [0.717, 1.165) is 25.9 Å². The highest BCUT2D eigenvalue weighted by Crippen LogP contribution is 2.43. The number of ether oxygens (including phenoxy) is 2. The lowest BCUT2D eigenvalue weighted by molar-refractivity contribution is -0.145. The maximum Gasteiger partial charge on any atom is 0.306 e. The molecule has 0 radical (unpaired) electrons. The first-order valence-electron chi connectivity index (χ1n) is 5.85. The summed E-state index contributed by atoms with van der Waals surface area (Å²) < 4.78 is 10.2. The van der Waals surface area contributed by atoms with Crippen LogP contribution in [0.15, 0.2) is 0 Å². The van der Waals surface area contributed by atoms with Crippen molar-refractivity contribution in [2.75, 3.05) is 20.3 Å². The smallest absolute Gasteiger partial charge is 0.306 e. The third-order valence-electron chi connectivity index (χ3n) is 3.75. The van der Waals surface area contributed by atoms with Crippen LogP contribution in [0.2, 0.25) is 0 Å². The van der Waals surface area contributed by atoms with Gasteiger partial charge in [0.2, 0.25) is 0 Å². The standard InChI is InChI=1S/C12H23NO3/c1-11(2,13)12(9-10(14)15-3)5-4-7-16-8-6-12/h4-9,13H2,1-3H3. The van der Waals surface area contributed by atoms with Crippen LogP contribution in [0.5, 0.6) is 0 Å². The van der Waals surface area contributed by atoms with E-state index in [1.807, 2.05) is 13.8 Å². The van der Waals surface area contributed by atoms with Crippen molar-refractivity contribution in [2.45, 2.75) is 45.1 Å². The normalized spacial score (nSPS) is 27.2. The van der Waals surface area contributed by atoms with E-state index in [-0.39, 0.29) is 11.4 Å². The molecule has 1 aliphatic heterocycles. The van der Waals surface area contributed by atoms with Gasteiger partial charge in [0.1, 0.15) is 0 Å². The van der Waals surface area contributed by atoms with Crippen molar-refractivity contribution < 1.29 is 14.3 Å². The number of hydrogen-bond donors (Lipinski definition) is 1. The lowest BCUT2D eigenvalue weighted by Crippen LogP contribution is -2.52. The van der Waals surface area contributed by atoms with Gasteiger partial charge in [-0.1, -0.05) is 0 Å². The van der Waals surface area contributed by atoms with E-state index >= 15 is 0 Å². The predicted molar refractivity (Wildman–Crippen MR) is 62.0 cm³/mol. The van der Waals surface area contributed by atoms with Gasteiger partial charge in [0.25, 0.3) is 0 Å². The van der Waals surface area contributed by atoms with Gasteiger partial charge in [0, 0.05) is 24.2 Å². The number of methoxy groups -OCH3 is 1. The van der Waals surface area contributed by atoms with Crippen LogP contribution >= 0.6 is 0 Å². The molecule has 4 heteroatoms. The van der Waals surface area contributed by atoms with Crippen LogP contribution in [0, 0.1) is 5.41 Å². The third kappa shape index (κ3) is 2.95. The number of nitrogens with two attached hydrogens (primary N) is 1. The molecule has 1 fully saturated rings. The first-order valence-corrected chi connectivity index (χ1v) is 5.85. The van der Waals surface area contributed by atoms with E-state index in [1.54, 1.807) is 0 Å². The van der Waals surface area contributed by atoms with Crippen LogP contribution in [0.1, 0.15) is 39.5 Å². The molecule has 1 unspecified atom stereocenters. The molecule has 1 atom stereocenters. The Kier molecular flexibility index (Phi) is 4.33. The van der Waals surface area contributed by atoms with Gasteiger partial charge in [-0.3, -0.25) is 4.79 Å². The summed E-state index contributed by atoms with van der Waals surface area (Å²) in [5.74, 6) is -0.180. The SMILES string of the molecule is COC(=O)CC1(C(C)(C)N)CCCOCC1. The minimum absolute atomic E-state index is 0.180. The van der Waals surface area contributed by atoms with E-state index in [0.29, 0.717) is 13.0 Å². The van der Waals surface area contributed by atoms with Crippen molar-refractivity contribution in [3.63, 3.8) is 0 Å². The zero-order valence-electron chi connectivity index (χ0n) is 10.5. The molecule has 0 amide bonds. The average molecular weight is 229 g/mol. The monoisotopic (exact) mass is 229 g/mol. The number of esters is 1. The van der Waals surface area contributed by atoms with Crippen LogP contribution in [-0.2, 0) is 14.3 Å². The molecule has 1 saturated heterocycles. The molecule has 1 aliphatic rings. The van der Waals surface area contributed by atoms with Crippen molar-refractivity contribution >= 4 is 5.97 Å². The summed E-state index contributed by atoms with van der Waals surface area (Å²) in [5, 5.41) is 0. The number of carbonyl (C=O) groups is 1. The molecule has 0 aromatic rings. The van der Waals surface area contributed by atoms with E-state index < -0.39 is 5.54 Å². The second kappa shape index (κ2) is 5.15. The molecule has 2 N–H and O–H groups in total. The summed E-state index contributed by atoms with van der Waals surface area (Å²) in [7, 11) is 1.42. The zero-order chi connectivity index (χ0) is 12.2. The highest BCUT2D eigenvalue weighted by molar-refractivity contribution is 5.70.